The molecule has 1 atom stereocenters. The van der Waals surface area contributed by atoms with Crippen LogP contribution in [0.25, 0.3) is 22.3 Å². The molecule has 0 fully saturated rings. The quantitative estimate of drug-likeness (QED) is 0.321. The van der Waals surface area contributed by atoms with Gasteiger partial charge in [0.2, 0.25) is 0 Å². The molecule has 4 rings (SSSR count). The van der Waals surface area contributed by atoms with Crippen LogP contribution in [0.5, 0.6) is 0 Å². The summed E-state index contributed by atoms with van der Waals surface area (Å²) in [6.07, 6.45) is 1.53. The number of rotatable bonds is 7. The maximum absolute atomic E-state index is 15.0. The number of halogens is 3. The van der Waals surface area contributed by atoms with Gasteiger partial charge in [0.25, 0.3) is 10.0 Å². The zero-order valence-electron chi connectivity index (χ0n) is 21.0. The number of benzene rings is 2. The molecule has 2 aromatic heterocycles. The van der Waals surface area contributed by atoms with Gasteiger partial charge in [-0.25, -0.2) is 35.5 Å². The standard InChI is InChI=1S/C26H25F3N4O4S/c1-14-5-7-16(8-6-14)38(36,37)33-13-18(17-9-15(27)10-19(28)23(17)33)24-30-12-20(29)25(32-24)31-21(11-22(34)35)26(2,3)4/h5-10,12-13,21H,11H2,1-4H3,(H,34,35)(H,30,31,32). The summed E-state index contributed by atoms with van der Waals surface area (Å²) in [5.41, 5.74) is -0.294. The summed E-state index contributed by atoms with van der Waals surface area (Å²) in [4.78, 5) is 19.3. The monoisotopic (exact) mass is 546 g/mol. The second-order valence-corrected chi connectivity index (χ2v) is 11.8. The van der Waals surface area contributed by atoms with E-state index < -0.39 is 50.4 Å². The second-order valence-electron chi connectivity index (χ2n) is 9.99. The molecule has 0 amide bonds. The third kappa shape index (κ3) is 5.21. The van der Waals surface area contributed by atoms with Crippen LogP contribution in [-0.4, -0.2) is 39.5 Å². The number of carbonyl (C=O) groups is 1. The summed E-state index contributed by atoms with van der Waals surface area (Å²) in [5.74, 6) is -4.64. The molecule has 1 unspecified atom stereocenters. The van der Waals surface area contributed by atoms with E-state index in [-0.39, 0.29) is 33.9 Å². The number of nitrogens with zero attached hydrogens (tertiary/aromatic N) is 3. The Morgan fingerprint density at radius 3 is 2.37 bits per heavy atom. The zero-order chi connectivity index (χ0) is 28.0. The minimum atomic E-state index is -4.33. The molecule has 12 heteroatoms. The van der Waals surface area contributed by atoms with Gasteiger partial charge < -0.3 is 10.4 Å². The van der Waals surface area contributed by atoms with Crippen LogP contribution < -0.4 is 5.32 Å². The maximum Gasteiger partial charge on any atom is 0.305 e. The second kappa shape index (κ2) is 9.75. The Bertz CT molecular complexity index is 1650. The number of aliphatic carboxylic acids is 1. The molecule has 0 aliphatic carbocycles. The van der Waals surface area contributed by atoms with Gasteiger partial charge in [0.1, 0.15) is 11.3 Å². The predicted octanol–water partition coefficient (Wildman–Crippen LogP) is 5.36. The fourth-order valence-electron chi connectivity index (χ4n) is 3.95. The molecule has 0 aliphatic heterocycles. The molecule has 2 N–H and O–H groups in total. The Hall–Kier alpha value is -3.93. The first-order chi connectivity index (χ1) is 17.7. The van der Waals surface area contributed by atoms with Gasteiger partial charge >= 0.3 is 5.97 Å². The minimum Gasteiger partial charge on any atom is -0.481 e. The highest BCUT2D eigenvalue weighted by Crippen LogP contribution is 2.35. The van der Waals surface area contributed by atoms with Crippen LogP contribution in [0.2, 0.25) is 0 Å². The molecule has 0 spiro atoms. The molecule has 4 aromatic rings. The number of anilines is 1. The van der Waals surface area contributed by atoms with Crippen molar-refractivity contribution in [3.63, 3.8) is 0 Å². The molecule has 0 saturated heterocycles. The van der Waals surface area contributed by atoms with Crippen molar-refractivity contribution in [2.45, 2.75) is 45.1 Å². The Kier molecular flexibility index (Phi) is 6.96. The highest BCUT2D eigenvalue weighted by Gasteiger charge is 2.29. The summed E-state index contributed by atoms with van der Waals surface area (Å²) in [6, 6.07) is 6.66. The van der Waals surface area contributed by atoms with Crippen LogP contribution in [-0.2, 0) is 14.8 Å². The van der Waals surface area contributed by atoms with E-state index in [9.17, 15) is 27.1 Å². The van der Waals surface area contributed by atoms with Crippen molar-refractivity contribution >= 4 is 32.7 Å². The Balaban J connectivity index is 1.91. The smallest absolute Gasteiger partial charge is 0.305 e. The Labute approximate surface area is 217 Å². The number of aromatic nitrogens is 3. The lowest BCUT2D eigenvalue weighted by molar-refractivity contribution is -0.137. The summed E-state index contributed by atoms with van der Waals surface area (Å²) >= 11 is 0. The molecule has 0 saturated carbocycles. The average molecular weight is 547 g/mol. The fraction of sp³-hybridized carbons (Fsp3) is 0.269. The van der Waals surface area contributed by atoms with Gasteiger partial charge in [-0.1, -0.05) is 38.5 Å². The number of aryl methyl sites for hydroxylation is 1. The predicted molar refractivity (Wildman–Crippen MR) is 136 cm³/mol. The summed E-state index contributed by atoms with van der Waals surface area (Å²) in [7, 11) is -4.33. The largest absolute Gasteiger partial charge is 0.481 e. The molecule has 0 bridgehead atoms. The highest BCUT2D eigenvalue weighted by atomic mass is 32.2. The van der Waals surface area contributed by atoms with Crippen LogP contribution in [0.15, 0.2) is 53.7 Å². The molecule has 2 aromatic carbocycles. The third-order valence-electron chi connectivity index (χ3n) is 6.08. The summed E-state index contributed by atoms with van der Waals surface area (Å²) in [5, 5.41) is 11.9. The van der Waals surface area contributed by atoms with Crippen LogP contribution in [0.3, 0.4) is 0 Å². The lowest BCUT2D eigenvalue weighted by Crippen LogP contribution is -2.36. The van der Waals surface area contributed by atoms with Gasteiger partial charge in [0.15, 0.2) is 23.3 Å². The number of nitrogens with one attached hydrogen (secondary N) is 1. The maximum atomic E-state index is 15.0. The van der Waals surface area contributed by atoms with Gasteiger partial charge in [-0.15, -0.1) is 0 Å². The molecular weight excluding hydrogens is 521 g/mol. The van der Waals surface area contributed by atoms with Crippen LogP contribution >= 0.6 is 0 Å². The highest BCUT2D eigenvalue weighted by molar-refractivity contribution is 7.90. The van der Waals surface area contributed by atoms with E-state index >= 15 is 4.39 Å². The van der Waals surface area contributed by atoms with Crippen molar-refractivity contribution < 1.29 is 31.5 Å². The topological polar surface area (TPSA) is 114 Å². The minimum absolute atomic E-state index is 0.0670. The van der Waals surface area contributed by atoms with Crippen molar-refractivity contribution in [3.05, 3.63) is 71.8 Å². The van der Waals surface area contributed by atoms with E-state index in [4.69, 9.17) is 0 Å². The molecular formula is C26H25F3N4O4S. The SMILES string of the molecule is Cc1ccc(S(=O)(=O)n2cc(-c3ncc(F)c(NC(CC(=O)O)C(C)(C)C)n3)c3cc(F)cc(F)c32)cc1. The van der Waals surface area contributed by atoms with Crippen molar-refractivity contribution in [1.29, 1.82) is 0 Å². The number of carboxylic acids is 1. The van der Waals surface area contributed by atoms with Crippen LogP contribution in [0, 0.1) is 29.8 Å². The van der Waals surface area contributed by atoms with E-state index in [0.29, 0.717) is 10.0 Å². The molecule has 0 radical (unpaired) electrons. The van der Waals surface area contributed by atoms with E-state index in [1.807, 2.05) is 0 Å². The van der Waals surface area contributed by atoms with Gasteiger partial charge in [0.05, 0.1) is 17.5 Å². The van der Waals surface area contributed by atoms with Crippen LogP contribution in [0.1, 0.15) is 32.8 Å². The molecule has 8 nitrogen and oxygen atoms in total. The lowest BCUT2D eigenvalue weighted by atomic mass is 9.85. The van der Waals surface area contributed by atoms with Crippen molar-refractivity contribution in [2.75, 3.05) is 5.32 Å². The first-order valence-corrected chi connectivity index (χ1v) is 13.0. The molecule has 200 valence electrons. The van der Waals surface area contributed by atoms with Gasteiger partial charge in [-0.3, -0.25) is 4.79 Å². The first kappa shape index (κ1) is 27.1. The van der Waals surface area contributed by atoms with Crippen molar-refractivity contribution in [1.82, 2.24) is 13.9 Å². The first-order valence-electron chi connectivity index (χ1n) is 11.5. The lowest BCUT2D eigenvalue weighted by Gasteiger charge is -2.30. The van der Waals surface area contributed by atoms with Crippen molar-refractivity contribution in [2.24, 2.45) is 5.41 Å². The van der Waals surface area contributed by atoms with E-state index in [0.717, 1.165) is 24.0 Å². The number of fused-ring (bicyclic) bond motifs is 1. The zero-order valence-corrected chi connectivity index (χ0v) is 21.8. The number of hydrogen-bond acceptors (Lipinski definition) is 6. The molecule has 2 heterocycles. The van der Waals surface area contributed by atoms with Gasteiger partial charge in [0, 0.05) is 29.3 Å². The summed E-state index contributed by atoms with van der Waals surface area (Å²) < 4.78 is 71.6. The van der Waals surface area contributed by atoms with E-state index in [2.05, 4.69) is 15.3 Å². The molecule has 0 aliphatic rings. The van der Waals surface area contributed by atoms with E-state index in [1.54, 1.807) is 39.8 Å². The van der Waals surface area contributed by atoms with Gasteiger partial charge in [-0.2, -0.15) is 0 Å². The Morgan fingerprint density at radius 2 is 1.76 bits per heavy atom. The Morgan fingerprint density at radius 1 is 1.11 bits per heavy atom. The van der Waals surface area contributed by atoms with E-state index in [1.165, 1.54) is 12.1 Å². The number of carboxylic acid groups (broad SMARTS) is 1. The average Bonchev–Trinajstić information content (AvgIpc) is 3.20. The normalized spacial score (nSPS) is 13.0. The number of hydrogen-bond donors (Lipinski definition) is 2. The summed E-state index contributed by atoms with van der Waals surface area (Å²) in [6.45, 7) is 7.08. The third-order valence-corrected chi connectivity index (χ3v) is 7.76. The van der Waals surface area contributed by atoms with Crippen LogP contribution in [0.4, 0.5) is 19.0 Å². The molecule has 38 heavy (non-hydrogen) atoms. The fourth-order valence-corrected chi connectivity index (χ4v) is 5.33. The van der Waals surface area contributed by atoms with Gasteiger partial charge in [-0.05, 0) is 30.5 Å². The van der Waals surface area contributed by atoms with Crippen molar-refractivity contribution in [3.8, 4) is 11.4 Å².